The van der Waals surface area contributed by atoms with E-state index in [0.717, 1.165) is 0 Å². The van der Waals surface area contributed by atoms with Gasteiger partial charge in [0.05, 0.1) is 15.8 Å². The van der Waals surface area contributed by atoms with Gasteiger partial charge in [0.2, 0.25) is 0 Å². The standard InChI is InChI=1S/C9H7N3O3/c10-9(13)7-4-5-6(11-7)2-1-3-8(5)12(14)15/h1-4,11H,(H2,10,13). The van der Waals surface area contributed by atoms with Gasteiger partial charge >= 0.3 is 0 Å². The Morgan fingerprint density at radius 3 is 2.80 bits per heavy atom. The zero-order chi connectivity index (χ0) is 11.0. The van der Waals surface area contributed by atoms with Crippen molar-refractivity contribution in [3.05, 3.63) is 40.1 Å². The maximum Gasteiger partial charge on any atom is 0.278 e. The molecule has 15 heavy (non-hydrogen) atoms. The SMILES string of the molecule is NC(=O)c1cc2c([N+](=O)[O-])cccc2[nH]1. The monoisotopic (exact) mass is 205 g/mol. The van der Waals surface area contributed by atoms with Crippen molar-refractivity contribution in [3.8, 4) is 0 Å². The van der Waals surface area contributed by atoms with E-state index in [1.54, 1.807) is 12.1 Å². The molecule has 6 nitrogen and oxygen atoms in total. The fourth-order valence-electron chi connectivity index (χ4n) is 1.43. The summed E-state index contributed by atoms with van der Waals surface area (Å²) in [6.45, 7) is 0. The lowest BCUT2D eigenvalue weighted by Crippen LogP contribution is -2.10. The van der Waals surface area contributed by atoms with Gasteiger partial charge in [-0.2, -0.15) is 0 Å². The molecule has 0 bridgehead atoms. The Kier molecular flexibility index (Phi) is 1.89. The first-order valence-corrected chi connectivity index (χ1v) is 4.15. The van der Waals surface area contributed by atoms with Crippen LogP contribution in [0.5, 0.6) is 0 Å². The first-order chi connectivity index (χ1) is 7.09. The maximum atomic E-state index is 10.9. The molecule has 6 heteroatoms. The highest BCUT2D eigenvalue weighted by Crippen LogP contribution is 2.25. The molecule has 0 saturated heterocycles. The van der Waals surface area contributed by atoms with Crippen LogP contribution < -0.4 is 5.73 Å². The van der Waals surface area contributed by atoms with Gasteiger partial charge in [0.25, 0.3) is 11.6 Å². The molecule has 0 fully saturated rings. The molecule has 0 spiro atoms. The number of aromatic nitrogens is 1. The summed E-state index contributed by atoms with van der Waals surface area (Å²) in [5, 5.41) is 11.1. The summed E-state index contributed by atoms with van der Waals surface area (Å²) in [6, 6.07) is 5.95. The van der Waals surface area contributed by atoms with Crippen LogP contribution in [0.1, 0.15) is 10.5 Å². The van der Waals surface area contributed by atoms with E-state index in [9.17, 15) is 14.9 Å². The Morgan fingerprint density at radius 1 is 1.47 bits per heavy atom. The Balaban J connectivity index is 2.75. The normalized spacial score (nSPS) is 10.4. The summed E-state index contributed by atoms with van der Waals surface area (Å²) in [4.78, 5) is 23.8. The van der Waals surface area contributed by atoms with Gasteiger partial charge in [-0.15, -0.1) is 0 Å². The third-order valence-corrected chi connectivity index (χ3v) is 2.10. The molecule has 2 rings (SSSR count). The van der Waals surface area contributed by atoms with E-state index >= 15 is 0 Å². The fraction of sp³-hybridized carbons (Fsp3) is 0. The van der Waals surface area contributed by atoms with Gasteiger partial charge in [0.1, 0.15) is 5.69 Å². The Hall–Kier alpha value is -2.37. The van der Waals surface area contributed by atoms with Crippen LogP contribution in [0.4, 0.5) is 5.69 Å². The zero-order valence-corrected chi connectivity index (χ0v) is 7.56. The molecule has 0 saturated carbocycles. The molecule has 1 aromatic carbocycles. The van der Waals surface area contributed by atoms with Crippen molar-refractivity contribution in [3.63, 3.8) is 0 Å². The van der Waals surface area contributed by atoms with Crippen molar-refractivity contribution < 1.29 is 9.72 Å². The Bertz CT molecular complexity index is 559. The minimum absolute atomic E-state index is 0.0451. The van der Waals surface area contributed by atoms with Crippen LogP contribution in [-0.4, -0.2) is 15.8 Å². The lowest BCUT2D eigenvalue weighted by molar-refractivity contribution is -0.383. The molecule has 76 valence electrons. The molecule has 0 aliphatic heterocycles. The highest BCUT2D eigenvalue weighted by atomic mass is 16.6. The summed E-state index contributed by atoms with van der Waals surface area (Å²) >= 11 is 0. The zero-order valence-electron chi connectivity index (χ0n) is 7.56. The van der Waals surface area contributed by atoms with Crippen LogP contribution in [0, 0.1) is 10.1 Å². The molecule has 0 unspecified atom stereocenters. The van der Waals surface area contributed by atoms with E-state index in [-0.39, 0.29) is 11.4 Å². The average Bonchev–Trinajstić information content (AvgIpc) is 2.60. The number of benzene rings is 1. The Morgan fingerprint density at radius 2 is 2.20 bits per heavy atom. The predicted octanol–water partition coefficient (Wildman–Crippen LogP) is 1.17. The highest BCUT2D eigenvalue weighted by molar-refractivity contribution is 5.99. The Labute approximate surface area is 83.8 Å². The topological polar surface area (TPSA) is 102 Å². The molecule has 1 amide bonds. The summed E-state index contributed by atoms with van der Waals surface area (Å²) in [5.74, 6) is -0.638. The lowest BCUT2D eigenvalue weighted by atomic mass is 10.2. The van der Waals surface area contributed by atoms with Gasteiger partial charge in [-0.05, 0) is 12.1 Å². The lowest BCUT2D eigenvalue weighted by Gasteiger charge is -1.91. The van der Waals surface area contributed by atoms with E-state index in [0.29, 0.717) is 10.9 Å². The molecule has 2 aromatic rings. The van der Waals surface area contributed by atoms with Crippen molar-refractivity contribution in [1.29, 1.82) is 0 Å². The number of nitro benzene ring substituents is 1. The molecule has 0 radical (unpaired) electrons. The van der Waals surface area contributed by atoms with Gasteiger partial charge in [-0.1, -0.05) is 6.07 Å². The van der Waals surface area contributed by atoms with Crippen LogP contribution >= 0.6 is 0 Å². The second kappa shape index (κ2) is 3.09. The van der Waals surface area contributed by atoms with E-state index in [2.05, 4.69) is 4.98 Å². The number of carbonyl (C=O) groups is 1. The third-order valence-electron chi connectivity index (χ3n) is 2.10. The minimum Gasteiger partial charge on any atom is -0.364 e. The van der Waals surface area contributed by atoms with Crippen LogP contribution in [0.3, 0.4) is 0 Å². The largest absolute Gasteiger partial charge is 0.364 e. The third kappa shape index (κ3) is 1.41. The average molecular weight is 205 g/mol. The van der Waals surface area contributed by atoms with Gasteiger partial charge < -0.3 is 10.7 Å². The number of non-ortho nitro benzene ring substituents is 1. The van der Waals surface area contributed by atoms with Crippen molar-refractivity contribution in [1.82, 2.24) is 4.98 Å². The van der Waals surface area contributed by atoms with Crippen molar-refractivity contribution in [2.24, 2.45) is 5.73 Å². The number of amides is 1. The van der Waals surface area contributed by atoms with Crippen LogP contribution in [0.2, 0.25) is 0 Å². The smallest absolute Gasteiger partial charge is 0.278 e. The predicted molar refractivity (Wildman–Crippen MR) is 53.5 cm³/mol. The number of fused-ring (bicyclic) bond motifs is 1. The minimum atomic E-state index is -0.638. The summed E-state index contributed by atoms with van der Waals surface area (Å²) < 4.78 is 0. The van der Waals surface area contributed by atoms with Crippen molar-refractivity contribution in [2.75, 3.05) is 0 Å². The number of primary amides is 1. The van der Waals surface area contributed by atoms with Crippen LogP contribution in [-0.2, 0) is 0 Å². The van der Waals surface area contributed by atoms with Crippen LogP contribution in [0.15, 0.2) is 24.3 Å². The van der Waals surface area contributed by atoms with E-state index in [1.807, 2.05) is 0 Å². The van der Waals surface area contributed by atoms with Gasteiger partial charge in [-0.3, -0.25) is 14.9 Å². The quantitative estimate of drug-likeness (QED) is 0.568. The first kappa shape index (κ1) is 9.20. The maximum absolute atomic E-state index is 10.9. The number of aromatic amines is 1. The number of hydrogen-bond donors (Lipinski definition) is 2. The molecule has 0 atom stereocenters. The summed E-state index contributed by atoms with van der Waals surface area (Å²) in [5.41, 5.74) is 5.71. The van der Waals surface area contributed by atoms with Gasteiger partial charge in [-0.25, -0.2) is 0 Å². The van der Waals surface area contributed by atoms with Crippen molar-refractivity contribution in [2.45, 2.75) is 0 Å². The highest BCUT2D eigenvalue weighted by Gasteiger charge is 2.14. The van der Waals surface area contributed by atoms with E-state index in [4.69, 9.17) is 5.73 Å². The molecule has 0 aliphatic rings. The summed E-state index contributed by atoms with van der Waals surface area (Å²) in [6.07, 6.45) is 0. The number of nitro groups is 1. The van der Waals surface area contributed by atoms with Gasteiger partial charge in [0.15, 0.2) is 0 Å². The van der Waals surface area contributed by atoms with Crippen molar-refractivity contribution >= 4 is 22.5 Å². The number of hydrogen-bond acceptors (Lipinski definition) is 3. The molecular weight excluding hydrogens is 198 g/mol. The number of rotatable bonds is 2. The fourth-order valence-corrected chi connectivity index (χ4v) is 1.43. The van der Waals surface area contributed by atoms with Gasteiger partial charge in [0, 0.05) is 6.07 Å². The van der Waals surface area contributed by atoms with E-state index in [1.165, 1.54) is 12.1 Å². The summed E-state index contributed by atoms with van der Waals surface area (Å²) in [7, 11) is 0. The molecule has 0 aliphatic carbocycles. The molecular formula is C9H7N3O3. The number of nitrogens with zero attached hydrogens (tertiary/aromatic N) is 1. The number of H-pyrrole nitrogens is 1. The number of nitrogens with one attached hydrogen (secondary N) is 1. The molecule has 1 heterocycles. The second-order valence-electron chi connectivity index (χ2n) is 3.04. The van der Waals surface area contributed by atoms with Crippen LogP contribution in [0.25, 0.3) is 10.9 Å². The first-order valence-electron chi connectivity index (χ1n) is 4.15. The van der Waals surface area contributed by atoms with E-state index < -0.39 is 10.8 Å². The second-order valence-corrected chi connectivity index (χ2v) is 3.04. The molecule has 1 aromatic heterocycles. The number of nitrogens with two attached hydrogens (primary N) is 1. The molecule has 3 N–H and O–H groups in total. The number of carbonyl (C=O) groups excluding carboxylic acids is 1.